The van der Waals surface area contributed by atoms with Gasteiger partial charge >= 0.3 is 0 Å². The fourth-order valence-corrected chi connectivity index (χ4v) is 2.50. The van der Waals surface area contributed by atoms with Gasteiger partial charge in [0.2, 0.25) is 0 Å². The number of para-hydroxylation sites is 1. The molecule has 1 atom stereocenters. The first-order valence-corrected chi connectivity index (χ1v) is 8.62. The van der Waals surface area contributed by atoms with Crippen molar-refractivity contribution < 1.29 is 23.4 Å². The monoisotopic (exact) mass is 387 g/mol. The Hall–Kier alpha value is -3.26. The number of carbonyl (C=O) groups is 1. The van der Waals surface area contributed by atoms with E-state index in [0.717, 1.165) is 16.8 Å². The molecule has 0 bridgehead atoms. The summed E-state index contributed by atoms with van der Waals surface area (Å²) in [6.07, 6.45) is 0.804. The summed E-state index contributed by atoms with van der Waals surface area (Å²) in [7, 11) is 0. The third kappa shape index (κ3) is 4.72. The van der Waals surface area contributed by atoms with Crippen molar-refractivity contribution in [1.82, 2.24) is 15.1 Å². The molecule has 1 amide bonds. The van der Waals surface area contributed by atoms with Crippen LogP contribution in [0.15, 0.2) is 54.7 Å². The first kappa shape index (κ1) is 19.5. The molecule has 1 heterocycles. The van der Waals surface area contributed by atoms with Gasteiger partial charge in [0.25, 0.3) is 5.91 Å². The highest BCUT2D eigenvalue weighted by molar-refractivity contribution is 5.94. The average molecular weight is 387 g/mol. The number of aromatic nitrogens is 2. The van der Waals surface area contributed by atoms with Crippen molar-refractivity contribution in [3.8, 4) is 11.4 Å². The molecule has 1 aromatic heterocycles. The van der Waals surface area contributed by atoms with Crippen LogP contribution in [0.1, 0.15) is 23.0 Å². The van der Waals surface area contributed by atoms with Gasteiger partial charge in [0.05, 0.1) is 6.10 Å². The van der Waals surface area contributed by atoms with Crippen molar-refractivity contribution in [1.29, 1.82) is 0 Å². The number of nitrogens with one attached hydrogen (secondary N) is 1. The number of carbonyl (C=O) groups excluding carboxylic acids is 1. The number of amides is 1. The lowest BCUT2D eigenvalue weighted by Crippen LogP contribution is -2.30. The number of aliphatic hydroxyl groups excluding tert-OH is 1. The van der Waals surface area contributed by atoms with Crippen LogP contribution in [0, 0.1) is 11.6 Å². The van der Waals surface area contributed by atoms with Crippen molar-refractivity contribution in [2.24, 2.45) is 0 Å². The summed E-state index contributed by atoms with van der Waals surface area (Å²) in [5.74, 6) is -1.32. The van der Waals surface area contributed by atoms with Gasteiger partial charge in [-0.25, -0.2) is 13.5 Å². The van der Waals surface area contributed by atoms with Crippen LogP contribution in [-0.4, -0.2) is 33.4 Å². The Labute approximate surface area is 160 Å². The Bertz CT molecular complexity index is 953. The predicted octanol–water partition coefficient (Wildman–Crippen LogP) is 2.84. The second-order valence-electron chi connectivity index (χ2n) is 6.20. The number of rotatable bonds is 7. The Morgan fingerprint density at radius 3 is 2.64 bits per heavy atom. The van der Waals surface area contributed by atoms with E-state index in [1.165, 1.54) is 12.3 Å². The van der Waals surface area contributed by atoms with E-state index in [9.17, 15) is 18.7 Å². The summed E-state index contributed by atoms with van der Waals surface area (Å²) in [6.45, 7) is 1.78. The van der Waals surface area contributed by atoms with E-state index in [2.05, 4.69) is 10.4 Å². The lowest BCUT2D eigenvalue weighted by Gasteiger charge is -2.09. The number of hydrogen-bond acceptors (Lipinski definition) is 4. The van der Waals surface area contributed by atoms with Crippen LogP contribution in [0.3, 0.4) is 0 Å². The largest absolute Gasteiger partial charge is 0.487 e. The Morgan fingerprint density at radius 1 is 1.21 bits per heavy atom. The van der Waals surface area contributed by atoms with Crippen molar-refractivity contribution in [2.75, 3.05) is 6.54 Å². The molecular formula is C20H19F2N3O3. The highest BCUT2D eigenvalue weighted by Crippen LogP contribution is 2.18. The summed E-state index contributed by atoms with van der Waals surface area (Å²) < 4.78 is 34.4. The lowest BCUT2D eigenvalue weighted by molar-refractivity contribution is 0.0923. The van der Waals surface area contributed by atoms with E-state index < -0.39 is 17.7 Å². The maximum atomic E-state index is 13.8. The Kier molecular flexibility index (Phi) is 6.00. The SMILES string of the molecule is CC(O)CNC(=O)c1cccc(OCc2ccn(-c3c(F)cccc3F)n2)c1. The van der Waals surface area contributed by atoms with Crippen LogP contribution < -0.4 is 10.1 Å². The van der Waals surface area contributed by atoms with Crippen molar-refractivity contribution >= 4 is 5.91 Å². The third-order valence-electron chi connectivity index (χ3n) is 3.85. The minimum Gasteiger partial charge on any atom is -0.487 e. The second-order valence-corrected chi connectivity index (χ2v) is 6.20. The Morgan fingerprint density at radius 2 is 1.93 bits per heavy atom. The van der Waals surface area contributed by atoms with E-state index in [1.807, 2.05) is 0 Å². The van der Waals surface area contributed by atoms with Crippen LogP contribution in [0.2, 0.25) is 0 Å². The smallest absolute Gasteiger partial charge is 0.251 e. The van der Waals surface area contributed by atoms with Gasteiger partial charge in [0, 0.05) is 18.3 Å². The van der Waals surface area contributed by atoms with Gasteiger partial charge in [-0.05, 0) is 43.3 Å². The van der Waals surface area contributed by atoms with Gasteiger partial charge in [0.1, 0.15) is 23.7 Å². The van der Waals surface area contributed by atoms with Gasteiger partial charge in [-0.15, -0.1) is 0 Å². The zero-order valence-corrected chi connectivity index (χ0v) is 15.1. The van der Waals surface area contributed by atoms with Crippen molar-refractivity contribution in [3.05, 3.63) is 77.6 Å². The molecule has 0 aliphatic carbocycles. The van der Waals surface area contributed by atoms with E-state index in [4.69, 9.17) is 4.74 Å². The van der Waals surface area contributed by atoms with Crippen LogP contribution in [-0.2, 0) is 6.61 Å². The van der Waals surface area contributed by atoms with Crippen molar-refractivity contribution in [2.45, 2.75) is 19.6 Å². The molecule has 2 aromatic carbocycles. The number of ether oxygens (including phenoxy) is 1. The minimum absolute atomic E-state index is 0.0574. The average Bonchev–Trinajstić information content (AvgIpc) is 3.13. The molecule has 0 saturated carbocycles. The molecule has 146 valence electrons. The van der Waals surface area contributed by atoms with E-state index >= 15 is 0 Å². The maximum Gasteiger partial charge on any atom is 0.251 e. The molecule has 8 heteroatoms. The van der Waals surface area contributed by atoms with E-state index in [0.29, 0.717) is 17.0 Å². The second kappa shape index (κ2) is 8.62. The summed E-state index contributed by atoms with van der Waals surface area (Å²) in [6, 6.07) is 11.7. The topological polar surface area (TPSA) is 76.4 Å². The highest BCUT2D eigenvalue weighted by atomic mass is 19.1. The molecule has 0 saturated heterocycles. The number of halogens is 2. The molecule has 6 nitrogen and oxygen atoms in total. The molecule has 2 N–H and O–H groups in total. The first-order valence-electron chi connectivity index (χ1n) is 8.62. The molecule has 3 aromatic rings. The van der Waals surface area contributed by atoms with E-state index in [-0.39, 0.29) is 24.7 Å². The third-order valence-corrected chi connectivity index (χ3v) is 3.85. The van der Waals surface area contributed by atoms with E-state index in [1.54, 1.807) is 37.3 Å². The van der Waals surface area contributed by atoms with Gasteiger partial charge in [-0.1, -0.05) is 12.1 Å². The fraction of sp³-hybridized carbons (Fsp3) is 0.200. The van der Waals surface area contributed by atoms with Gasteiger partial charge < -0.3 is 15.2 Å². The van der Waals surface area contributed by atoms with Crippen LogP contribution in [0.25, 0.3) is 5.69 Å². The van der Waals surface area contributed by atoms with Crippen molar-refractivity contribution in [3.63, 3.8) is 0 Å². The zero-order valence-electron chi connectivity index (χ0n) is 15.1. The van der Waals surface area contributed by atoms with Crippen LogP contribution in [0.5, 0.6) is 5.75 Å². The first-order chi connectivity index (χ1) is 13.4. The molecule has 0 spiro atoms. The Balaban J connectivity index is 1.66. The predicted molar refractivity (Wildman–Crippen MR) is 98.3 cm³/mol. The minimum atomic E-state index is -0.716. The summed E-state index contributed by atoms with van der Waals surface area (Å²) in [5.41, 5.74) is 0.592. The van der Waals surface area contributed by atoms with Crippen LogP contribution >= 0.6 is 0 Å². The highest BCUT2D eigenvalue weighted by Gasteiger charge is 2.12. The standard InChI is InChI=1S/C20H19F2N3O3/c1-13(26)11-23-20(27)14-4-2-5-16(10-14)28-12-15-8-9-25(24-15)19-17(21)6-3-7-18(19)22/h2-10,13,26H,11-12H2,1H3,(H,23,27). The molecule has 0 radical (unpaired) electrons. The lowest BCUT2D eigenvalue weighted by atomic mass is 10.2. The number of hydrogen-bond donors (Lipinski definition) is 2. The molecule has 3 rings (SSSR count). The summed E-state index contributed by atoms with van der Waals surface area (Å²) in [4.78, 5) is 12.0. The van der Waals surface area contributed by atoms with Gasteiger partial charge in [0.15, 0.2) is 11.6 Å². The normalized spacial score (nSPS) is 11.9. The van der Waals surface area contributed by atoms with Crippen LogP contribution in [0.4, 0.5) is 8.78 Å². The zero-order chi connectivity index (χ0) is 20.1. The molecule has 0 aliphatic heterocycles. The maximum absolute atomic E-state index is 13.8. The molecule has 1 unspecified atom stereocenters. The molecular weight excluding hydrogens is 368 g/mol. The molecule has 0 fully saturated rings. The van der Waals surface area contributed by atoms with Gasteiger partial charge in [-0.3, -0.25) is 4.79 Å². The summed E-state index contributed by atoms with van der Waals surface area (Å²) in [5, 5.41) is 16.0. The number of benzene rings is 2. The fourth-order valence-electron chi connectivity index (χ4n) is 2.50. The molecule has 0 aliphatic rings. The molecule has 28 heavy (non-hydrogen) atoms. The summed E-state index contributed by atoms with van der Waals surface area (Å²) >= 11 is 0. The van der Waals surface area contributed by atoms with Gasteiger partial charge in [-0.2, -0.15) is 5.10 Å². The number of nitrogens with zero attached hydrogens (tertiary/aromatic N) is 2. The number of aliphatic hydroxyl groups is 1. The quantitative estimate of drug-likeness (QED) is 0.654.